The van der Waals surface area contributed by atoms with Crippen LogP contribution in [0.5, 0.6) is 0 Å². The number of hydrogen-bond donors (Lipinski definition) is 1. The molecule has 0 saturated carbocycles. The van der Waals surface area contributed by atoms with E-state index in [1.165, 1.54) is 37.1 Å². The van der Waals surface area contributed by atoms with Gasteiger partial charge in [-0.2, -0.15) is 0 Å². The van der Waals surface area contributed by atoms with Gasteiger partial charge in [0.05, 0.1) is 24.6 Å². The average Bonchev–Trinajstić information content (AvgIpc) is 3.59. The van der Waals surface area contributed by atoms with Gasteiger partial charge in [0.1, 0.15) is 26.8 Å². The minimum absolute atomic E-state index is 0.147. The molecular formula is C25H28Cl2N8O5S. The van der Waals surface area contributed by atoms with Crippen molar-refractivity contribution in [2.24, 2.45) is 13.0 Å². The van der Waals surface area contributed by atoms with E-state index in [4.69, 9.17) is 33.2 Å². The van der Waals surface area contributed by atoms with Gasteiger partial charge in [0.2, 0.25) is 0 Å². The lowest BCUT2D eigenvalue weighted by molar-refractivity contribution is -0.0756. The Balaban J connectivity index is 0.000000322. The summed E-state index contributed by atoms with van der Waals surface area (Å²) in [6.07, 6.45) is 0. The Kier molecular flexibility index (Phi) is 8.87. The Hall–Kier alpha value is -3.72. The molecule has 5 aromatic rings. The summed E-state index contributed by atoms with van der Waals surface area (Å²) in [4.78, 5) is 50.1. The molecule has 0 atom stereocenters. The minimum Gasteiger partial charge on any atom is -0.410 e. The third kappa shape index (κ3) is 5.73. The van der Waals surface area contributed by atoms with Crippen LogP contribution in [-0.4, -0.2) is 64.2 Å². The van der Waals surface area contributed by atoms with Gasteiger partial charge in [-0.3, -0.25) is 23.6 Å². The normalized spacial score (nSPS) is 11.3. The van der Waals surface area contributed by atoms with E-state index in [2.05, 4.69) is 15.3 Å². The maximum absolute atomic E-state index is 13.2. The summed E-state index contributed by atoms with van der Waals surface area (Å²) >= 11 is 13.6. The van der Waals surface area contributed by atoms with Gasteiger partial charge in [0.15, 0.2) is 5.15 Å². The van der Waals surface area contributed by atoms with Gasteiger partial charge in [0.25, 0.3) is 11.5 Å². The number of nitrogens with zero attached hydrogens (tertiary/aromatic N) is 8. The predicted molar refractivity (Wildman–Crippen MR) is 156 cm³/mol. The van der Waals surface area contributed by atoms with Gasteiger partial charge in [0, 0.05) is 25.5 Å². The second-order valence-electron chi connectivity index (χ2n) is 9.51. The zero-order chi connectivity index (χ0) is 30.2. The maximum atomic E-state index is 13.2. The SMILES string of the molecule is CON(C)C(=O)c1c(Cn2c(C)nc(Cl)c2Cl)sc2c1c(=O)n(C)c(=O)n2CC(C)C.On1nnc2ccccc21. The van der Waals surface area contributed by atoms with Crippen LogP contribution in [0.3, 0.4) is 0 Å². The first-order valence-electron chi connectivity index (χ1n) is 12.3. The molecule has 13 nitrogen and oxygen atoms in total. The second-order valence-corrected chi connectivity index (χ2v) is 11.3. The molecule has 218 valence electrons. The molecule has 0 aliphatic rings. The lowest BCUT2D eigenvalue weighted by atomic mass is 10.1. The Morgan fingerprint density at radius 3 is 2.46 bits per heavy atom. The molecule has 5 rings (SSSR count). The molecule has 4 aromatic heterocycles. The Morgan fingerprint density at radius 1 is 1.20 bits per heavy atom. The number of imidazole rings is 1. The number of aryl methyl sites for hydroxylation is 1. The number of para-hydroxylation sites is 1. The van der Waals surface area contributed by atoms with Crippen LogP contribution in [0, 0.1) is 12.8 Å². The average molecular weight is 624 g/mol. The number of halogens is 2. The summed E-state index contributed by atoms with van der Waals surface area (Å²) in [5.41, 5.74) is 0.523. The van der Waals surface area contributed by atoms with E-state index in [1.54, 1.807) is 23.6 Å². The van der Waals surface area contributed by atoms with Crippen molar-refractivity contribution in [3.05, 3.63) is 71.7 Å². The third-order valence-electron chi connectivity index (χ3n) is 6.26. The van der Waals surface area contributed by atoms with E-state index in [0.717, 1.165) is 14.5 Å². The molecule has 4 heterocycles. The molecule has 1 amide bonds. The molecule has 0 aliphatic carbocycles. The van der Waals surface area contributed by atoms with Crippen LogP contribution in [0.15, 0.2) is 33.9 Å². The van der Waals surface area contributed by atoms with E-state index < -0.39 is 17.2 Å². The molecule has 0 radical (unpaired) electrons. The lowest BCUT2D eigenvalue weighted by Gasteiger charge is -2.15. The number of hydrogen-bond acceptors (Lipinski definition) is 9. The highest BCUT2D eigenvalue weighted by Gasteiger charge is 2.28. The largest absolute Gasteiger partial charge is 0.410 e. The van der Waals surface area contributed by atoms with Crippen molar-refractivity contribution >= 4 is 61.7 Å². The van der Waals surface area contributed by atoms with E-state index in [0.29, 0.717) is 33.1 Å². The number of carbonyl (C=O) groups is 1. The van der Waals surface area contributed by atoms with Gasteiger partial charge in [-0.1, -0.05) is 54.0 Å². The first-order chi connectivity index (χ1) is 19.4. The fourth-order valence-electron chi connectivity index (χ4n) is 4.17. The standard InChI is InChI=1S/C19H23Cl2N5O4S.C6H5N3O/c1-9(2)7-26-18-13(16(27)23(4)19(26)29)12(17(28)24(5)30-6)11(31-18)8-25-10(3)22-14(20)15(25)21;10-9-6-4-2-1-3-5(6)7-8-9/h9H,7-8H2,1-6H3;1-4,10H. The molecule has 0 bridgehead atoms. The summed E-state index contributed by atoms with van der Waals surface area (Å²) in [5, 5.41) is 17.6. The smallest absolute Gasteiger partial charge is 0.331 e. The van der Waals surface area contributed by atoms with Gasteiger partial charge in [-0.25, -0.2) is 14.8 Å². The first kappa shape index (κ1) is 30.2. The number of rotatable bonds is 6. The van der Waals surface area contributed by atoms with Crippen LogP contribution in [0.25, 0.3) is 21.3 Å². The second kappa shape index (κ2) is 12.0. The van der Waals surface area contributed by atoms with Crippen molar-refractivity contribution in [1.82, 2.24) is 38.9 Å². The predicted octanol–water partition coefficient (Wildman–Crippen LogP) is 3.58. The Morgan fingerprint density at radius 2 is 1.88 bits per heavy atom. The molecule has 0 saturated heterocycles. The summed E-state index contributed by atoms with van der Waals surface area (Å²) in [6, 6.07) is 7.19. The minimum atomic E-state index is -0.540. The summed E-state index contributed by atoms with van der Waals surface area (Å²) < 4.78 is 4.21. The van der Waals surface area contributed by atoms with Crippen LogP contribution in [-0.2, 0) is 25.0 Å². The van der Waals surface area contributed by atoms with Crippen molar-refractivity contribution in [3.8, 4) is 0 Å². The molecule has 41 heavy (non-hydrogen) atoms. The highest BCUT2D eigenvalue weighted by atomic mass is 35.5. The van der Waals surface area contributed by atoms with Gasteiger partial charge < -0.3 is 9.77 Å². The molecule has 0 spiro atoms. The Labute approximate surface area is 247 Å². The molecule has 0 fully saturated rings. The molecule has 1 aromatic carbocycles. The van der Waals surface area contributed by atoms with Gasteiger partial charge in [-0.05, 0) is 30.2 Å². The molecular weight excluding hydrogens is 595 g/mol. The first-order valence-corrected chi connectivity index (χ1v) is 13.9. The van der Waals surface area contributed by atoms with E-state index in [1.807, 2.05) is 26.0 Å². The van der Waals surface area contributed by atoms with Crippen molar-refractivity contribution in [2.45, 2.75) is 33.9 Å². The number of benzene rings is 1. The van der Waals surface area contributed by atoms with Crippen LogP contribution in [0.4, 0.5) is 0 Å². The zero-order valence-corrected chi connectivity index (χ0v) is 25.5. The van der Waals surface area contributed by atoms with Crippen LogP contribution in [0.1, 0.15) is 34.9 Å². The molecule has 0 unspecified atom stereocenters. The quantitative estimate of drug-likeness (QED) is 0.224. The monoisotopic (exact) mass is 622 g/mol. The number of amides is 1. The maximum Gasteiger partial charge on any atom is 0.331 e. The van der Waals surface area contributed by atoms with Crippen molar-refractivity contribution < 1.29 is 14.8 Å². The Bertz CT molecular complexity index is 1870. The topological polar surface area (TPSA) is 142 Å². The van der Waals surface area contributed by atoms with E-state index in [-0.39, 0.29) is 33.7 Å². The number of hydroxylamine groups is 2. The number of aromatic nitrogens is 7. The number of thiophene rings is 1. The highest BCUT2D eigenvalue weighted by molar-refractivity contribution is 7.19. The third-order valence-corrected chi connectivity index (χ3v) is 8.20. The van der Waals surface area contributed by atoms with Crippen LogP contribution < -0.4 is 11.2 Å². The molecule has 0 aliphatic heterocycles. The van der Waals surface area contributed by atoms with Crippen molar-refractivity contribution in [3.63, 3.8) is 0 Å². The van der Waals surface area contributed by atoms with E-state index >= 15 is 0 Å². The summed E-state index contributed by atoms with van der Waals surface area (Å²) in [5.74, 6) is 0.197. The molecule has 1 N–H and O–H groups in total. The van der Waals surface area contributed by atoms with Crippen molar-refractivity contribution in [2.75, 3.05) is 14.2 Å². The van der Waals surface area contributed by atoms with Gasteiger partial charge in [-0.15, -0.1) is 16.4 Å². The zero-order valence-electron chi connectivity index (χ0n) is 23.1. The number of fused-ring (bicyclic) bond motifs is 2. The summed E-state index contributed by atoms with van der Waals surface area (Å²) in [7, 11) is 4.22. The van der Waals surface area contributed by atoms with E-state index in [9.17, 15) is 14.4 Å². The van der Waals surface area contributed by atoms with Gasteiger partial charge >= 0.3 is 5.69 Å². The summed E-state index contributed by atoms with van der Waals surface area (Å²) in [6.45, 7) is 6.23. The van der Waals surface area contributed by atoms with Crippen molar-refractivity contribution in [1.29, 1.82) is 0 Å². The van der Waals surface area contributed by atoms with Crippen LogP contribution >= 0.6 is 34.5 Å². The fraction of sp³-hybridized carbons (Fsp3) is 0.360. The highest BCUT2D eigenvalue weighted by Crippen LogP contribution is 2.33. The molecule has 16 heteroatoms. The van der Waals surface area contributed by atoms with Crippen LogP contribution in [0.2, 0.25) is 10.3 Å². The lowest BCUT2D eigenvalue weighted by Crippen LogP contribution is -2.39. The fourth-order valence-corrected chi connectivity index (χ4v) is 5.89. The number of carbonyl (C=O) groups excluding carboxylic acids is 1.